The minimum Gasteiger partial charge on any atom is -0.379 e. The Kier molecular flexibility index (Phi) is 3.23. The molecule has 0 bridgehead atoms. The molecule has 1 saturated heterocycles. The second-order valence-corrected chi connectivity index (χ2v) is 3.81. The molecule has 0 radical (unpaired) electrons. The molecule has 68 valence electrons. The fourth-order valence-corrected chi connectivity index (χ4v) is 1.82. The normalized spacial score (nSPS) is 18.9. The lowest BCUT2D eigenvalue weighted by atomic mass is 9.88. The van der Waals surface area contributed by atoms with Crippen molar-refractivity contribution >= 4 is 11.3 Å². The minimum atomic E-state index is 0.279. The van der Waals surface area contributed by atoms with Crippen molar-refractivity contribution in [1.82, 2.24) is 4.98 Å². The van der Waals surface area contributed by atoms with Crippen molar-refractivity contribution in [2.24, 2.45) is 0 Å². The maximum Gasteiger partial charge on any atom is 0.0794 e. The highest BCUT2D eigenvalue weighted by Gasteiger charge is 2.36. The lowest BCUT2D eigenvalue weighted by molar-refractivity contribution is -0.0482. The van der Waals surface area contributed by atoms with E-state index in [2.05, 4.69) is 11.9 Å². The van der Waals surface area contributed by atoms with Gasteiger partial charge in [0.25, 0.3) is 0 Å². The molecule has 2 rings (SSSR count). The van der Waals surface area contributed by atoms with E-state index >= 15 is 0 Å². The van der Waals surface area contributed by atoms with Crippen LogP contribution in [-0.4, -0.2) is 18.2 Å². The third-order valence-corrected chi connectivity index (χ3v) is 2.95. The first-order valence-corrected chi connectivity index (χ1v) is 5.16. The van der Waals surface area contributed by atoms with Crippen LogP contribution in [0.5, 0.6) is 0 Å². The standard InChI is InChI=1S/C7H9NOS.C2H6/c1-7(3-9-4-7)6-2-8-5-10-6;1-2/h2,5H,3-4H2,1H3;1-2H3. The van der Waals surface area contributed by atoms with Gasteiger partial charge in [-0.25, -0.2) is 0 Å². The molecule has 0 aliphatic carbocycles. The molecule has 0 saturated carbocycles. The van der Waals surface area contributed by atoms with Crippen molar-refractivity contribution in [3.63, 3.8) is 0 Å². The van der Waals surface area contributed by atoms with E-state index in [4.69, 9.17) is 4.74 Å². The molecule has 2 heterocycles. The number of nitrogens with zero attached hydrogens (tertiary/aromatic N) is 1. The topological polar surface area (TPSA) is 22.1 Å². The average Bonchev–Trinajstić information content (AvgIpc) is 2.56. The molecule has 1 fully saturated rings. The molecule has 0 N–H and O–H groups in total. The summed E-state index contributed by atoms with van der Waals surface area (Å²) in [5, 5.41) is 0. The van der Waals surface area contributed by atoms with Gasteiger partial charge in [-0.3, -0.25) is 4.98 Å². The van der Waals surface area contributed by atoms with E-state index in [1.807, 2.05) is 25.6 Å². The maximum atomic E-state index is 5.14. The maximum absolute atomic E-state index is 5.14. The second kappa shape index (κ2) is 4.01. The molecule has 1 aliphatic heterocycles. The van der Waals surface area contributed by atoms with Gasteiger partial charge < -0.3 is 4.74 Å². The van der Waals surface area contributed by atoms with Crippen molar-refractivity contribution in [2.75, 3.05) is 13.2 Å². The van der Waals surface area contributed by atoms with Crippen molar-refractivity contribution in [3.05, 3.63) is 16.6 Å². The van der Waals surface area contributed by atoms with E-state index in [0.29, 0.717) is 0 Å². The molecule has 3 heteroatoms. The summed E-state index contributed by atoms with van der Waals surface area (Å²) in [5.74, 6) is 0. The number of hydrogen-bond donors (Lipinski definition) is 0. The lowest BCUT2D eigenvalue weighted by Crippen LogP contribution is -2.43. The molecule has 1 aromatic heterocycles. The SMILES string of the molecule is CC.CC1(c2cncs2)COC1. The van der Waals surface area contributed by atoms with E-state index in [9.17, 15) is 0 Å². The Morgan fingerprint density at radius 2 is 2.17 bits per heavy atom. The monoisotopic (exact) mass is 185 g/mol. The van der Waals surface area contributed by atoms with E-state index in [0.717, 1.165) is 13.2 Å². The van der Waals surface area contributed by atoms with Crippen molar-refractivity contribution < 1.29 is 4.74 Å². The summed E-state index contributed by atoms with van der Waals surface area (Å²) in [6.45, 7) is 7.92. The van der Waals surface area contributed by atoms with Crippen LogP contribution < -0.4 is 0 Å². The second-order valence-electron chi connectivity index (χ2n) is 2.92. The molecule has 0 amide bonds. The van der Waals surface area contributed by atoms with Gasteiger partial charge in [0.05, 0.1) is 24.1 Å². The van der Waals surface area contributed by atoms with Gasteiger partial charge in [-0.05, 0) is 0 Å². The molecule has 0 aromatic carbocycles. The number of hydrogen-bond acceptors (Lipinski definition) is 3. The zero-order valence-electron chi connectivity index (χ0n) is 7.83. The van der Waals surface area contributed by atoms with E-state index in [1.54, 1.807) is 11.3 Å². The van der Waals surface area contributed by atoms with Crippen LogP contribution in [0.2, 0.25) is 0 Å². The third-order valence-electron chi connectivity index (χ3n) is 1.87. The van der Waals surface area contributed by atoms with Gasteiger partial charge in [0, 0.05) is 11.1 Å². The van der Waals surface area contributed by atoms with E-state index in [-0.39, 0.29) is 5.41 Å². The number of rotatable bonds is 1. The molecule has 0 unspecified atom stereocenters. The highest BCUT2D eigenvalue weighted by molar-refractivity contribution is 7.09. The zero-order valence-corrected chi connectivity index (χ0v) is 8.65. The largest absolute Gasteiger partial charge is 0.379 e. The first-order chi connectivity index (χ1) is 5.81. The van der Waals surface area contributed by atoms with Crippen LogP contribution in [0, 0.1) is 0 Å². The van der Waals surface area contributed by atoms with Crippen molar-refractivity contribution in [1.29, 1.82) is 0 Å². The fourth-order valence-electron chi connectivity index (χ4n) is 1.06. The first kappa shape index (κ1) is 9.68. The summed E-state index contributed by atoms with van der Waals surface area (Å²) in [7, 11) is 0. The van der Waals surface area contributed by atoms with Gasteiger partial charge in [0.15, 0.2) is 0 Å². The minimum absolute atomic E-state index is 0.279. The Bertz CT molecular complexity index is 216. The van der Waals surface area contributed by atoms with Gasteiger partial charge in [0.1, 0.15) is 0 Å². The zero-order chi connectivity index (χ0) is 9.03. The van der Waals surface area contributed by atoms with Crippen LogP contribution in [0.3, 0.4) is 0 Å². The predicted octanol–water partition coefficient (Wildman–Crippen LogP) is 2.46. The van der Waals surface area contributed by atoms with Crippen LogP contribution in [0.1, 0.15) is 25.6 Å². The summed E-state index contributed by atoms with van der Waals surface area (Å²) in [5.41, 5.74) is 2.15. The molecule has 1 aliphatic rings. The van der Waals surface area contributed by atoms with Crippen LogP contribution in [0.25, 0.3) is 0 Å². The van der Waals surface area contributed by atoms with Gasteiger partial charge in [-0.1, -0.05) is 20.8 Å². The number of aromatic nitrogens is 1. The predicted molar refractivity (Wildman–Crippen MR) is 51.6 cm³/mol. The Balaban J connectivity index is 0.000000336. The van der Waals surface area contributed by atoms with Crippen LogP contribution >= 0.6 is 11.3 Å². The molecule has 0 spiro atoms. The molecular weight excluding hydrogens is 170 g/mol. The van der Waals surface area contributed by atoms with Gasteiger partial charge in [0.2, 0.25) is 0 Å². The summed E-state index contributed by atoms with van der Waals surface area (Å²) in [4.78, 5) is 5.38. The van der Waals surface area contributed by atoms with E-state index < -0.39 is 0 Å². The molecule has 1 aromatic rings. The van der Waals surface area contributed by atoms with Crippen molar-refractivity contribution in [2.45, 2.75) is 26.2 Å². The summed E-state index contributed by atoms with van der Waals surface area (Å²) < 4.78 is 5.14. The molecular formula is C9H15NOS. The van der Waals surface area contributed by atoms with Crippen LogP contribution in [0.4, 0.5) is 0 Å². The Morgan fingerprint density at radius 1 is 1.50 bits per heavy atom. The van der Waals surface area contributed by atoms with Gasteiger partial charge in [-0.2, -0.15) is 0 Å². The molecule has 0 atom stereocenters. The van der Waals surface area contributed by atoms with Crippen LogP contribution in [0.15, 0.2) is 11.7 Å². The average molecular weight is 185 g/mol. The fraction of sp³-hybridized carbons (Fsp3) is 0.667. The van der Waals surface area contributed by atoms with Gasteiger partial charge in [-0.15, -0.1) is 11.3 Å². The Hall–Kier alpha value is -0.410. The summed E-state index contributed by atoms with van der Waals surface area (Å²) in [6.07, 6.45) is 1.94. The lowest BCUT2D eigenvalue weighted by Gasteiger charge is -2.36. The number of thiazole rings is 1. The summed E-state index contributed by atoms with van der Waals surface area (Å²) >= 11 is 1.71. The van der Waals surface area contributed by atoms with Crippen LogP contribution in [-0.2, 0) is 10.2 Å². The van der Waals surface area contributed by atoms with E-state index in [1.165, 1.54) is 4.88 Å². The summed E-state index contributed by atoms with van der Waals surface area (Å²) in [6, 6.07) is 0. The van der Waals surface area contributed by atoms with Gasteiger partial charge >= 0.3 is 0 Å². The molecule has 2 nitrogen and oxygen atoms in total. The smallest absolute Gasteiger partial charge is 0.0794 e. The first-order valence-electron chi connectivity index (χ1n) is 4.28. The number of ether oxygens (including phenoxy) is 1. The van der Waals surface area contributed by atoms with Crippen molar-refractivity contribution in [3.8, 4) is 0 Å². The Morgan fingerprint density at radius 3 is 2.50 bits per heavy atom. The third kappa shape index (κ3) is 1.67. The molecule has 12 heavy (non-hydrogen) atoms. The Labute approximate surface area is 77.6 Å². The quantitative estimate of drug-likeness (QED) is 0.670. The highest BCUT2D eigenvalue weighted by atomic mass is 32.1. The highest BCUT2D eigenvalue weighted by Crippen LogP contribution is 2.33.